The molecule has 2 atom stereocenters. The third-order valence-electron chi connectivity index (χ3n) is 6.49. The number of pyridine rings is 1. The predicted molar refractivity (Wildman–Crippen MR) is 135 cm³/mol. The summed E-state index contributed by atoms with van der Waals surface area (Å²) in [6.07, 6.45) is 4.22. The number of rotatable bonds is 5. The van der Waals surface area contributed by atoms with Gasteiger partial charge < -0.3 is 30.6 Å². The highest BCUT2D eigenvalue weighted by molar-refractivity contribution is 6.40. The lowest BCUT2D eigenvalue weighted by molar-refractivity contribution is -0.390. The van der Waals surface area contributed by atoms with E-state index in [0.29, 0.717) is 29.9 Å². The molecule has 0 saturated carbocycles. The second-order valence-electron chi connectivity index (χ2n) is 9.42. The van der Waals surface area contributed by atoms with E-state index in [2.05, 4.69) is 37.7 Å². The van der Waals surface area contributed by atoms with Gasteiger partial charge in [0.15, 0.2) is 11.6 Å². The van der Waals surface area contributed by atoms with Gasteiger partial charge in [0.05, 0.1) is 22.0 Å². The van der Waals surface area contributed by atoms with Crippen LogP contribution in [0.25, 0.3) is 21.9 Å². The van der Waals surface area contributed by atoms with Crippen molar-refractivity contribution in [3.63, 3.8) is 0 Å². The molecule has 0 bridgehead atoms. The van der Waals surface area contributed by atoms with E-state index in [1.54, 1.807) is 32.3 Å². The molecule has 1 saturated heterocycles. The number of aromatic nitrogens is 6. The molecule has 37 heavy (non-hydrogen) atoms. The summed E-state index contributed by atoms with van der Waals surface area (Å²) in [7, 11) is 0. The first-order chi connectivity index (χ1) is 17.7. The van der Waals surface area contributed by atoms with Gasteiger partial charge in [-0.2, -0.15) is 5.10 Å². The van der Waals surface area contributed by atoms with Gasteiger partial charge in [0, 0.05) is 43.0 Å². The molecule has 5 rings (SSSR count). The van der Waals surface area contributed by atoms with E-state index in [9.17, 15) is 19.7 Å². The fourth-order valence-electron chi connectivity index (χ4n) is 4.61. The van der Waals surface area contributed by atoms with Gasteiger partial charge in [0.2, 0.25) is 0 Å². The topological polar surface area (TPSA) is 177 Å². The third kappa shape index (κ3) is 4.52. The molecule has 0 radical (unpaired) electrons. The number of piperidine rings is 1. The van der Waals surface area contributed by atoms with Gasteiger partial charge in [-0.25, -0.2) is 4.98 Å². The fraction of sp³-hybridized carbons (Fsp3) is 0.391. The number of amides is 2. The van der Waals surface area contributed by atoms with Crippen LogP contribution < -0.4 is 15.5 Å². The van der Waals surface area contributed by atoms with Gasteiger partial charge in [0.1, 0.15) is 5.65 Å². The van der Waals surface area contributed by atoms with Crippen molar-refractivity contribution in [3.8, 4) is 0 Å². The monoisotopic (exact) mass is 506 g/mol. The maximum atomic E-state index is 12.6. The second kappa shape index (κ2) is 9.44. The molecule has 4 aromatic rings. The largest absolute Gasteiger partial charge is 0.390 e. The average molecular weight is 507 g/mol. The van der Waals surface area contributed by atoms with Crippen LogP contribution in [0.4, 0.5) is 17.5 Å². The summed E-state index contributed by atoms with van der Waals surface area (Å²) in [6.45, 7) is 6.88. The Morgan fingerprint density at radius 1 is 1.19 bits per heavy atom. The van der Waals surface area contributed by atoms with Crippen LogP contribution in [0.3, 0.4) is 0 Å². The lowest BCUT2D eigenvalue weighted by Gasteiger charge is -2.37. The molecule has 4 aromatic heterocycles. The number of aromatic amines is 1. The van der Waals surface area contributed by atoms with Crippen molar-refractivity contribution < 1.29 is 14.5 Å². The minimum atomic E-state index is -0.811. The van der Waals surface area contributed by atoms with E-state index in [1.165, 1.54) is 6.07 Å². The lowest BCUT2D eigenvalue weighted by atomic mass is 9.93. The van der Waals surface area contributed by atoms with Crippen molar-refractivity contribution in [2.45, 2.75) is 39.3 Å². The normalized spacial score (nSPS) is 17.9. The molecule has 1 aliphatic rings. The average Bonchev–Trinajstić information content (AvgIpc) is 3.48. The molecule has 0 unspecified atom stereocenters. The smallest absolute Gasteiger partial charge is 0.358 e. The van der Waals surface area contributed by atoms with Gasteiger partial charge in [-0.1, -0.05) is 6.92 Å². The molecule has 3 N–H and O–H groups in total. The van der Waals surface area contributed by atoms with Crippen LogP contribution in [-0.2, 0) is 9.59 Å². The summed E-state index contributed by atoms with van der Waals surface area (Å²) in [6, 6.07) is 4.50. The first-order valence-corrected chi connectivity index (χ1v) is 11.9. The highest BCUT2D eigenvalue weighted by Gasteiger charge is 2.32. The second-order valence-corrected chi connectivity index (χ2v) is 9.42. The molecule has 192 valence electrons. The van der Waals surface area contributed by atoms with Gasteiger partial charge in [0.25, 0.3) is 0 Å². The zero-order valence-corrected chi connectivity index (χ0v) is 20.5. The standard InChI is InChI=1S/C23H26N10O4/c1-12(2)26-22(34)23(35)27-21-15-10-25-20-14(6-8-24-20)19(15)32(30-21)16-11-31(9-7-13(16)3)17-4-5-18(29-28-17)33(36)37/h4-6,8,10,12-13,16H,7,9,11H2,1-3H3,(H,24,25)(H,26,34)(H,27,30,35)/t13-,16+/m1/s1. The summed E-state index contributed by atoms with van der Waals surface area (Å²) in [5.74, 6) is -0.884. The van der Waals surface area contributed by atoms with Crippen molar-refractivity contribution >= 4 is 51.2 Å². The molecule has 1 fully saturated rings. The molecule has 0 spiro atoms. The Bertz CT molecular complexity index is 1490. The van der Waals surface area contributed by atoms with Crippen molar-refractivity contribution in [3.05, 3.63) is 40.7 Å². The first kappa shape index (κ1) is 24.1. The molecule has 0 aromatic carbocycles. The van der Waals surface area contributed by atoms with Gasteiger partial charge >= 0.3 is 17.6 Å². The minimum absolute atomic E-state index is 0.135. The lowest BCUT2D eigenvalue weighted by Crippen LogP contribution is -2.41. The number of hydrogen-bond donors (Lipinski definition) is 3. The molecule has 14 nitrogen and oxygen atoms in total. The zero-order valence-electron chi connectivity index (χ0n) is 20.5. The number of fused-ring (bicyclic) bond motifs is 3. The Morgan fingerprint density at radius 3 is 2.70 bits per heavy atom. The van der Waals surface area contributed by atoms with E-state index < -0.39 is 16.7 Å². The van der Waals surface area contributed by atoms with Crippen molar-refractivity contribution in [2.24, 2.45) is 5.92 Å². The van der Waals surface area contributed by atoms with Crippen molar-refractivity contribution in [2.75, 3.05) is 23.3 Å². The summed E-state index contributed by atoms with van der Waals surface area (Å²) >= 11 is 0. The van der Waals surface area contributed by atoms with Crippen LogP contribution in [0.2, 0.25) is 0 Å². The van der Waals surface area contributed by atoms with Gasteiger partial charge in [-0.3, -0.25) is 14.3 Å². The number of nitro groups is 1. The van der Waals surface area contributed by atoms with E-state index in [1.807, 2.05) is 15.6 Å². The molecule has 14 heteroatoms. The number of hydrogen-bond acceptors (Lipinski definition) is 9. The van der Waals surface area contributed by atoms with Crippen molar-refractivity contribution in [1.29, 1.82) is 0 Å². The van der Waals surface area contributed by atoms with Crippen LogP contribution >= 0.6 is 0 Å². The molecule has 0 aliphatic carbocycles. The first-order valence-electron chi connectivity index (χ1n) is 11.9. The molecule has 5 heterocycles. The van der Waals surface area contributed by atoms with Crippen molar-refractivity contribution in [1.82, 2.24) is 35.3 Å². The minimum Gasteiger partial charge on any atom is -0.358 e. The molecule has 1 aliphatic heterocycles. The van der Waals surface area contributed by atoms with Gasteiger partial charge in [-0.15, -0.1) is 0 Å². The fourth-order valence-corrected chi connectivity index (χ4v) is 4.61. The number of carbonyl (C=O) groups excluding carboxylic acids is 2. The van der Waals surface area contributed by atoms with Crippen LogP contribution in [0.1, 0.15) is 33.2 Å². The summed E-state index contributed by atoms with van der Waals surface area (Å²) in [5.41, 5.74) is 1.45. The number of nitrogens with one attached hydrogen (secondary N) is 3. The number of anilines is 2. The number of carbonyl (C=O) groups is 2. The maximum Gasteiger partial charge on any atom is 0.390 e. The van der Waals surface area contributed by atoms with Crippen LogP contribution in [0.15, 0.2) is 30.6 Å². The Morgan fingerprint density at radius 2 is 2.00 bits per heavy atom. The zero-order chi connectivity index (χ0) is 26.3. The highest BCUT2D eigenvalue weighted by Crippen LogP contribution is 2.36. The van der Waals surface area contributed by atoms with Gasteiger partial charge in [-0.05, 0) is 48.3 Å². The quantitative estimate of drug-likeness (QED) is 0.208. The highest BCUT2D eigenvalue weighted by atomic mass is 16.6. The van der Waals surface area contributed by atoms with E-state index in [0.717, 1.165) is 17.3 Å². The Kier molecular flexibility index (Phi) is 6.15. The van der Waals surface area contributed by atoms with E-state index in [4.69, 9.17) is 5.10 Å². The van der Waals surface area contributed by atoms with Crippen LogP contribution in [0, 0.1) is 16.0 Å². The summed E-state index contributed by atoms with van der Waals surface area (Å²) < 4.78 is 1.87. The number of H-pyrrole nitrogens is 1. The SMILES string of the molecule is CC(C)NC(=O)C(=O)Nc1nn([C@H]2CN(c3ccc([N+](=O)[O-])nn3)CC[C@H]2C)c2c1cnc1[nH]ccc12. The number of nitrogens with zero attached hydrogens (tertiary/aromatic N) is 7. The Hall–Kier alpha value is -4.62. The Balaban J connectivity index is 1.53. The maximum absolute atomic E-state index is 12.6. The van der Waals surface area contributed by atoms with Crippen LogP contribution in [-0.4, -0.2) is 65.8 Å². The van der Waals surface area contributed by atoms with E-state index >= 15 is 0 Å². The third-order valence-corrected chi connectivity index (χ3v) is 6.49. The Labute approximate surface area is 210 Å². The molecule has 2 amide bonds. The van der Waals surface area contributed by atoms with Crippen LogP contribution in [0.5, 0.6) is 0 Å². The van der Waals surface area contributed by atoms with E-state index in [-0.39, 0.29) is 29.6 Å². The predicted octanol–water partition coefficient (Wildman–Crippen LogP) is 2.16. The molecular formula is C23H26N10O4. The molecular weight excluding hydrogens is 480 g/mol. The summed E-state index contributed by atoms with van der Waals surface area (Å²) in [4.78, 5) is 44.8. The summed E-state index contributed by atoms with van der Waals surface area (Å²) in [5, 5.41) is 30.2.